The van der Waals surface area contributed by atoms with E-state index in [4.69, 9.17) is 5.11 Å². The summed E-state index contributed by atoms with van der Waals surface area (Å²) in [6.45, 7) is 1.55. The summed E-state index contributed by atoms with van der Waals surface area (Å²) in [4.78, 5) is 28.4. The Kier molecular flexibility index (Phi) is 2.28. The zero-order chi connectivity index (χ0) is 11.7. The SMILES string of the molecule is Cc1nn(-c2ncc[nH]c2=O)cc1C(=O)O. The Balaban J connectivity index is 2.59. The van der Waals surface area contributed by atoms with Crippen molar-refractivity contribution in [1.29, 1.82) is 0 Å². The molecule has 0 unspecified atom stereocenters. The molecule has 0 saturated heterocycles. The van der Waals surface area contributed by atoms with Gasteiger partial charge in [0.25, 0.3) is 5.56 Å². The van der Waals surface area contributed by atoms with Gasteiger partial charge in [-0.3, -0.25) is 4.79 Å². The number of rotatable bonds is 2. The van der Waals surface area contributed by atoms with E-state index in [1.807, 2.05) is 0 Å². The number of nitrogens with zero attached hydrogens (tertiary/aromatic N) is 3. The number of nitrogens with one attached hydrogen (secondary N) is 1. The van der Waals surface area contributed by atoms with E-state index in [0.717, 1.165) is 4.68 Å². The van der Waals surface area contributed by atoms with Crippen LogP contribution in [0.1, 0.15) is 16.1 Å². The molecule has 82 valence electrons. The number of carboxylic acids is 1. The zero-order valence-electron chi connectivity index (χ0n) is 8.34. The molecule has 7 heteroatoms. The third kappa shape index (κ3) is 1.58. The maximum absolute atomic E-state index is 11.4. The molecule has 2 aromatic heterocycles. The number of carbonyl (C=O) groups is 1. The summed E-state index contributed by atoms with van der Waals surface area (Å²) in [5, 5.41) is 12.8. The van der Waals surface area contributed by atoms with Gasteiger partial charge in [-0.2, -0.15) is 5.10 Å². The molecule has 0 aliphatic heterocycles. The van der Waals surface area contributed by atoms with Gasteiger partial charge >= 0.3 is 5.97 Å². The molecule has 0 spiro atoms. The number of aromatic nitrogens is 4. The molecule has 16 heavy (non-hydrogen) atoms. The van der Waals surface area contributed by atoms with Crippen molar-refractivity contribution in [3.63, 3.8) is 0 Å². The van der Waals surface area contributed by atoms with E-state index >= 15 is 0 Å². The summed E-state index contributed by atoms with van der Waals surface area (Å²) in [5.74, 6) is -1.05. The average molecular weight is 220 g/mol. The maximum Gasteiger partial charge on any atom is 0.339 e. The summed E-state index contributed by atoms with van der Waals surface area (Å²) < 4.78 is 1.15. The van der Waals surface area contributed by atoms with Crippen LogP contribution in [0.25, 0.3) is 5.82 Å². The topological polar surface area (TPSA) is 101 Å². The van der Waals surface area contributed by atoms with Crippen LogP contribution in [0.3, 0.4) is 0 Å². The predicted octanol–water partition coefficient (Wildman–Crippen LogP) is -0.0378. The monoisotopic (exact) mass is 220 g/mol. The van der Waals surface area contributed by atoms with Gasteiger partial charge < -0.3 is 10.1 Å². The lowest BCUT2D eigenvalue weighted by Gasteiger charge is -1.96. The first-order valence-electron chi connectivity index (χ1n) is 4.43. The number of carboxylic acid groups (broad SMARTS) is 1. The quantitative estimate of drug-likeness (QED) is 0.739. The first-order chi connectivity index (χ1) is 7.59. The molecule has 7 nitrogen and oxygen atoms in total. The maximum atomic E-state index is 11.4. The van der Waals surface area contributed by atoms with E-state index in [1.54, 1.807) is 6.92 Å². The third-order valence-corrected chi connectivity index (χ3v) is 2.04. The summed E-state index contributed by atoms with van der Waals surface area (Å²) in [7, 11) is 0. The van der Waals surface area contributed by atoms with Crippen molar-refractivity contribution in [2.75, 3.05) is 0 Å². The van der Waals surface area contributed by atoms with Gasteiger partial charge in [-0.05, 0) is 6.92 Å². The summed E-state index contributed by atoms with van der Waals surface area (Å²) in [6, 6.07) is 0. The minimum atomic E-state index is -1.09. The van der Waals surface area contributed by atoms with Crippen LogP contribution in [0, 0.1) is 6.92 Å². The molecular formula is C9H8N4O3. The standard InChI is InChI=1S/C9H8N4O3/c1-5-6(9(15)16)4-13(12-5)7-8(14)11-3-2-10-7/h2-4H,1H3,(H,11,14)(H,15,16). The minimum Gasteiger partial charge on any atom is -0.478 e. The molecule has 0 atom stereocenters. The summed E-state index contributed by atoms with van der Waals surface area (Å²) >= 11 is 0. The molecule has 0 aliphatic rings. The first kappa shape index (κ1) is 10.1. The van der Waals surface area contributed by atoms with Crippen LogP contribution >= 0.6 is 0 Å². The summed E-state index contributed by atoms with van der Waals surface area (Å²) in [6.07, 6.45) is 4.05. The molecule has 0 aromatic carbocycles. The molecular weight excluding hydrogens is 212 g/mol. The average Bonchev–Trinajstić information content (AvgIpc) is 2.61. The second-order valence-electron chi connectivity index (χ2n) is 3.12. The molecule has 0 amide bonds. The molecule has 2 heterocycles. The van der Waals surface area contributed by atoms with Crippen LogP contribution in [-0.2, 0) is 0 Å². The van der Waals surface area contributed by atoms with Crippen LogP contribution < -0.4 is 5.56 Å². The smallest absolute Gasteiger partial charge is 0.339 e. The van der Waals surface area contributed by atoms with Crippen molar-refractivity contribution in [3.05, 3.63) is 40.2 Å². The van der Waals surface area contributed by atoms with Crippen molar-refractivity contribution >= 4 is 5.97 Å². The molecule has 2 rings (SSSR count). The Morgan fingerprint density at radius 2 is 2.31 bits per heavy atom. The van der Waals surface area contributed by atoms with Crippen molar-refractivity contribution in [2.45, 2.75) is 6.92 Å². The van der Waals surface area contributed by atoms with E-state index in [-0.39, 0.29) is 11.4 Å². The van der Waals surface area contributed by atoms with Gasteiger partial charge in [0.1, 0.15) is 5.56 Å². The van der Waals surface area contributed by atoms with E-state index in [0.29, 0.717) is 5.69 Å². The first-order valence-corrected chi connectivity index (χ1v) is 4.43. The highest BCUT2D eigenvalue weighted by Crippen LogP contribution is 2.07. The lowest BCUT2D eigenvalue weighted by atomic mass is 10.3. The van der Waals surface area contributed by atoms with Gasteiger partial charge in [-0.25, -0.2) is 14.5 Å². The van der Waals surface area contributed by atoms with Crippen molar-refractivity contribution in [2.24, 2.45) is 0 Å². The number of hydrogen-bond donors (Lipinski definition) is 2. The highest BCUT2D eigenvalue weighted by molar-refractivity contribution is 5.88. The Hall–Kier alpha value is -2.44. The summed E-state index contributed by atoms with van der Waals surface area (Å²) in [5.41, 5.74) is -0.0513. The fourth-order valence-electron chi connectivity index (χ4n) is 1.29. The minimum absolute atomic E-state index is 0.0399. The van der Waals surface area contributed by atoms with E-state index in [2.05, 4.69) is 15.1 Å². The molecule has 2 N–H and O–H groups in total. The van der Waals surface area contributed by atoms with Crippen molar-refractivity contribution in [3.8, 4) is 5.82 Å². The van der Waals surface area contributed by atoms with Gasteiger partial charge in [0.15, 0.2) is 0 Å². The lowest BCUT2D eigenvalue weighted by molar-refractivity contribution is 0.0696. The Bertz CT molecular complexity index is 599. The van der Waals surface area contributed by atoms with Gasteiger partial charge in [0.05, 0.1) is 5.69 Å². The fraction of sp³-hybridized carbons (Fsp3) is 0.111. The molecule has 0 saturated carbocycles. The van der Waals surface area contributed by atoms with Gasteiger partial charge in [-0.15, -0.1) is 0 Å². The Morgan fingerprint density at radius 1 is 1.56 bits per heavy atom. The second kappa shape index (κ2) is 3.61. The van der Waals surface area contributed by atoms with Crippen LogP contribution in [0.5, 0.6) is 0 Å². The largest absolute Gasteiger partial charge is 0.478 e. The van der Waals surface area contributed by atoms with Crippen LogP contribution in [0.2, 0.25) is 0 Å². The normalized spacial score (nSPS) is 10.3. The Morgan fingerprint density at radius 3 is 2.88 bits per heavy atom. The molecule has 0 radical (unpaired) electrons. The van der Waals surface area contributed by atoms with Gasteiger partial charge in [0, 0.05) is 18.6 Å². The van der Waals surface area contributed by atoms with E-state index < -0.39 is 11.5 Å². The predicted molar refractivity (Wildman–Crippen MR) is 53.7 cm³/mol. The molecule has 0 fully saturated rings. The molecule has 0 bridgehead atoms. The van der Waals surface area contributed by atoms with Crippen molar-refractivity contribution in [1.82, 2.24) is 19.7 Å². The van der Waals surface area contributed by atoms with Gasteiger partial charge in [0.2, 0.25) is 5.82 Å². The number of hydrogen-bond acceptors (Lipinski definition) is 4. The van der Waals surface area contributed by atoms with Crippen LogP contribution in [0.4, 0.5) is 0 Å². The van der Waals surface area contributed by atoms with E-state index in [1.165, 1.54) is 18.6 Å². The number of aromatic amines is 1. The lowest BCUT2D eigenvalue weighted by Crippen LogP contribution is -2.16. The highest BCUT2D eigenvalue weighted by atomic mass is 16.4. The van der Waals surface area contributed by atoms with Crippen LogP contribution in [-0.4, -0.2) is 30.8 Å². The number of aryl methyl sites for hydroxylation is 1. The second-order valence-corrected chi connectivity index (χ2v) is 3.12. The Labute approximate surface area is 89.4 Å². The highest BCUT2D eigenvalue weighted by Gasteiger charge is 2.14. The van der Waals surface area contributed by atoms with E-state index in [9.17, 15) is 9.59 Å². The molecule has 0 aliphatic carbocycles. The fourth-order valence-corrected chi connectivity index (χ4v) is 1.29. The number of H-pyrrole nitrogens is 1. The van der Waals surface area contributed by atoms with Gasteiger partial charge in [-0.1, -0.05) is 0 Å². The van der Waals surface area contributed by atoms with Crippen LogP contribution in [0.15, 0.2) is 23.4 Å². The number of aromatic carboxylic acids is 1. The third-order valence-electron chi connectivity index (χ3n) is 2.04. The molecule has 2 aromatic rings. The van der Waals surface area contributed by atoms with Crippen molar-refractivity contribution < 1.29 is 9.90 Å². The zero-order valence-corrected chi connectivity index (χ0v) is 8.34.